The number of rotatable bonds is 8. The molecule has 27 heavy (non-hydrogen) atoms. The van der Waals surface area contributed by atoms with Gasteiger partial charge in [0.2, 0.25) is 0 Å². The zero-order valence-electron chi connectivity index (χ0n) is 16.7. The molecule has 2 atom stereocenters. The molecule has 0 amide bonds. The van der Waals surface area contributed by atoms with Crippen molar-refractivity contribution in [1.82, 2.24) is 15.5 Å². The van der Waals surface area contributed by atoms with Crippen molar-refractivity contribution in [2.24, 2.45) is 10.4 Å². The number of aliphatic hydroxyl groups excluding tert-OH is 1. The molecule has 0 aromatic carbocycles. The van der Waals surface area contributed by atoms with Crippen LogP contribution in [0, 0.1) is 5.41 Å². The van der Waals surface area contributed by atoms with Crippen LogP contribution < -0.4 is 10.6 Å². The molecular weight excluding hydrogens is 364 g/mol. The molecule has 0 aliphatic carbocycles. The standard InChI is InChI=1S/C19H36N4O3S/c1-2-20-17(21-13-18(3-8-24)4-9-26-15-18)22-14-19(5-12-27-16-19)23-6-10-25-11-7-23/h24H,2-16H2,1H3,(H2,20,21,22). The Morgan fingerprint density at radius 3 is 2.67 bits per heavy atom. The first-order valence-electron chi connectivity index (χ1n) is 10.3. The van der Waals surface area contributed by atoms with Crippen molar-refractivity contribution < 1.29 is 14.6 Å². The summed E-state index contributed by atoms with van der Waals surface area (Å²) in [6.45, 7) is 9.94. The van der Waals surface area contributed by atoms with Crippen LogP contribution in [0.25, 0.3) is 0 Å². The Hall–Kier alpha value is -0.540. The third-order valence-corrected chi connectivity index (χ3v) is 7.33. The van der Waals surface area contributed by atoms with Gasteiger partial charge in [-0.05, 0) is 31.9 Å². The van der Waals surface area contributed by atoms with Crippen LogP contribution in [-0.2, 0) is 9.47 Å². The topological polar surface area (TPSA) is 78.4 Å². The summed E-state index contributed by atoms with van der Waals surface area (Å²) in [6.07, 6.45) is 2.95. The lowest BCUT2D eigenvalue weighted by Gasteiger charge is -2.43. The molecule has 3 heterocycles. The number of morpholine rings is 1. The highest BCUT2D eigenvalue weighted by molar-refractivity contribution is 7.99. The molecule has 0 radical (unpaired) electrons. The summed E-state index contributed by atoms with van der Waals surface area (Å²) >= 11 is 2.05. The van der Waals surface area contributed by atoms with E-state index in [0.29, 0.717) is 13.2 Å². The fraction of sp³-hybridized carbons (Fsp3) is 0.947. The monoisotopic (exact) mass is 400 g/mol. The number of nitrogens with one attached hydrogen (secondary N) is 2. The Kier molecular flexibility index (Phi) is 8.08. The summed E-state index contributed by atoms with van der Waals surface area (Å²) in [5, 5.41) is 16.5. The van der Waals surface area contributed by atoms with Gasteiger partial charge in [0.05, 0.1) is 26.4 Å². The second kappa shape index (κ2) is 10.3. The van der Waals surface area contributed by atoms with Gasteiger partial charge < -0.3 is 25.2 Å². The van der Waals surface area contributed by atoms with Crippen LogP contribution in [0.4, 0.5) is 0 Å². The minimum Gasteiger partial charge on any atom is -0.396 e. The molecule has 3 aliphatic rings. The van der Waals surface area contributed by atoms with E-state index in [2.05, 4.69) is 34.2 Å². The molecule has 0 spiro atoms. The number of guanidine groups is 1. The number of aliphatic imine (C=N–C) groups is 1. The normalized spacial score (nSPS) is 32.7. The number of thioether (sulfide) groups is 1. The van der Waals surface area contributed by atoms with E-state index in [1.165, 1.54) is 17.9 Å². The largest absolute Gasteiger partial charge is 0.396 e. The van der Waals surface area contributed by atoms with Gasteiger partial charge in [-0.1, -0.05) is 0 Å². The van der Waals surface area contributed by atoms with Gasteiger partial charge >= 0.3 is 0 Å². The lowest BCUT2D eigenvalue weighted by molar-refractivity contribution is -0.0120. The predicted octanol–water partition coefficient (Wildman–Crippen LogP) is 0.539. The maximum Gasteiger partial charge on any atom is 0.191 e. The van der Waals surface area contributed by atoms with Crippen molar-refractivity contribution in [1.29, 1.82) is 0 Å². The number of hydrogen-bond acceptors (Lipinski definition) is 6. The summed E-state index contributed by atoms with van der Waals surface area (Å²) in [6, 6.07) is 0. The highest BCUT2D eigenvalue weighted by Gasteiger charge is 2.41. The zero-order chi connectivity index (χ0) is 19.0. The molecule has 156 valence electrons. The SMILES string of the molecule is CCNC(=NCC1(CCO)CCOC1)NCC1(N2CCOCC2)CCSC1. The van der Waals surface area contributed by atoms with E-state index in [1.807, 2.05) is 0 Å². The van der Waals surface area contributed by atoms with Crippen molar-refractivity contribution in [3.8, 4) is 0 Å². The van der Waals surface area contributed by atoms with Crippen LogP contribution in [0.15, 0.2) is 4.99 Å². The third kappa shape index (κ3) is 5.50. The van der Waals surface area contributed by atoms with Gasteiger partial charge in [-0.15, -0.1) is 0 Å². The van der Waals surface area contributed by atoms with Crippen molar-refractivity contribution in [2.45, 2.75) is 31.7 Å². The second-order valence-electron chi connectivity index (χ2n) is 7.95. The first-order valence-corrected chi connectivity index (χ1v) is 11.5. The molecule has 3 saturated heterocycles. The van der Waals surface area contributed by atoms with Gasteiger partial charge in [0.25, 0.3) is 0 Å². The number of ether oxygens (including phenoxy) is 2. The molecule has 8 heteroatoms. The molecule has 3 rings (SSSR count). The fourth-order valence-electron chi connectivity index (χ4n) is 4.26. The molecular formula is C19H36N4O3S. The second-order valence-corrected chi connectivity index (χ2v) is 9.06. The summed E-state index contributed by atoms with van der Waals surface area (Å²) in [5.74, 6) is 3.27. The van der Waals surface area contributed by atoms with E-state index in [-0.39, 0.29) is 17.6 Å². The lowest BCUT2D eigenvalue weighted by atomic mass is 9.84. The first-order chi connectivity index (χ1) is 13.2. The van der Waals surface area contributed by atoms with E-state index in [4.69, 9.17) is 14.5 Å². The van der Waals surface area contributed by atoms with Gasteiger partial charge in [0.1, 0.15) is 0 Å². The minimum atomic E-state index is -0.0117. The molecule has 3 N–H and O–H groups in total. The van der Waals surface area contributed by atoms with Crippen LogP contribution in [-0.4, -0.2) is 98.8 Å². The van der Waals surface area contributed by atoms with Crippen molar-refractivity contribution >= 4 is 17.7 Å². The van der Waals surface area contributed by atoms with Gasteiger partial charge in [-0.25, -0.2) is 0 Å². The zero-order valence-corrected chi connectivity index (χ0v) is 17.5. The summed E-state index contributed by atoms with van der Waals surface area (Å²) in [5.41, 5.74) is 0.187. The number of hydrogen-bond donors (Lipinski definition) is 3. The van der Waals surface area contributed by atoms with Crippen molar-refractivity contribution in [3.05, 3.63) is 0 Å². The highest BCUT2D eigenvalue weighted by atomic mass is 32.2. The highest BCUT2D eigenvalue weighted by Crippen LogP contribution is 2.34. The quantitative estimate of drug-likeness (QED) is 0.405. The molecule has 0 aromatic heterocycles. The van der Waals surface area contributed by atoms with Crippen molar-refractivity contribution in [2.75, 3.05) is 77.3 Å². The molecule has 7 nitrogen and oxygen atoms in total. The van der Waals surface area contributed by atoms with E-state index in [1.54, 1.807) is 0 Å². The summed E-state index contributed by atoms with van der Waals surface area (Å²) in [4.78, 5) is 7.49. The molecule has 3 fully saturated rings. The van der Waals surface area contributed by atoms with Gasteiger partial charge in [0, 0.05) is 56.1 Å². The first kappa shape index (κ1) is 21.2. The molecule has 0 aromatic rings. The van der Waals surface area contributed by atoms with Gasteiger partial charge in [0.15, 0.2) is 5.96 Å². The molecule has 2 unspecified atom stereocenters. The lowest BCUT2D eigenvalue weighted by Crippen LogP contribution is -2.60. The van der Waals surface area contributed by atoms with Crippen molar-refractivity contribution in [3.63, 3.8) is 0 Å². The Labute approximate surface area is 167 Å². The molecule has 0 saturated carbocycles. The number of nitrogens with zero attached hydrogens (tertiary/aromatic N) is 2. The Morgan fingerprint density at radius 1 is 1.19 bits per heavy atom. The van der Waals surface area contributed by atoms with Crippen LogP contribution >= 0.6 is 11.8 Å². The maximum atomic E-state index is 9.43. The van der Waals surface area contributed by atoms with Crippen LogP contribution in [0.3, 0.4) is 0 Å². The summed E-state index contributed by atoms with van der Waals surface area (Å²) < 4.78 is 11.2. The van der Waals surface area contributed by atoms with Gasteiger partial charge in [-0.2, -0.15) is 11.8 Å². The Bertz CT molecular complexity index is 474. The maximum absolute atomic E-state index is 9.43. The third-order valence-electron chi connectivity index (χ3n) is 6.09. The Balaban J connectivity index is 1.62. The summed E-state index contributed by atoms with van der Waals surface area (Å²) in [7, 11) is 0. The average molecular weight is 401 g/mol. The smallest absolute Gasteiger partial charge is 0.191 e. The predicted molar refractivity (Wildman–Crippen MR) is 111 cm³/mol. The fourth-order valence-corrected chi connectivity index (χ4v) is 5.74. The van der Waals surface area contributed by atoms with Crippen LogP contribution in [0.5, 0.6) is 0 Å². The van der Waals surface area contributed by atoms with Crippen LogP contribution in [0.2, 0.25) is 0 Å². The average Bonchev–Trinajstić information content (AvgIpc) is 3.36. The van der Waals surface area contributed by atoms with E-state index >= 15 is 0 Å². The molecule has 0 bridgehead atoms. The van der Waals surface area contributed by atoms with E-state index in [9.17, 15) is 5.11 Å². The van der Waals surface area contributed by atoms with Crippen LogP contribution in [0.1, 0.15) is 26.2 Å². The van der Waals surface area contributed by atoms with E-state index in [0.717, 1.165) is 64.8 Å². The van der Waals surface area contributed by atoms with E-state index < -0.39 is 0 Å². The minimum absolute atomic E-state index is 0.0117. The van der Waals surface area contributed by atoms with Gasteiger partial charge in [-0.3, -0.25) is 9.89 Å². The Morgan fingerprint density at radius 2 is 2.04 bits per heavy atom. The molecule has 3 aliphatic heterocycles. The number of aliphatic hydroxyl groups is 1.